The van der Waals surface area contributed by atoms with Crippen molar-refractivity contribution < 1.29 is 4.79 Å². The number of likely N-dealkylation sites (N-methyl/N-ethyl adjacent to an activating group) is 1. The van der Waals surface area contributed by atoms with E-state index in [-0.39, 0.29) is 16.9 Å². The first kappa shape index (κ1) is 17.2. The summed E-state index contributed by atoms with van der Waals surface area (Å²) >= 11 is 0. The van der Waals surface area contributed by atoms with Crippen LogP contribution in [0.25, 0.3) is 10.9 Å². The number of nitrogens with zero attached hydrogens (tertiary/aromatic N) is 2. The van der Waals surface area contributed by atoms with Crippen LogP contribution in [0.15, 0.2) is 35.1 Å². The Kier molecular flexibility index (Phi) is 4.54. The quantitative estimate of drug-likeness (QED) is 0.849. The number of hydrogen-bond acceptors (Lipinski definition) is 4. The maximum Gasteiger partial charge on any atom is 0.252 e. The molecule has 1 saturated heterocycles. The van der Waals surface area contributed by atoms with Crippen molar-refractivity contribution in [3.63, 3.8) is 0 Å². The largest absolute Gasteiger partial charge is 0.351 e. The Bertz CT molecular complexity index is 863. The van der Waals surface area contributed by atoms with Gasteiger partial charge in [-0.25, -0.2) is 0 Å². The summed E-state index contributed by atoms with van der Waals surface area (Å²) in [5.41, 5.74) is 1.12. The number of carbonyl (C=O) groups excluding carboxylic acids is 1. The monoisotopic (exact) mass is 354 g/mol. The SMILES string of the molecule is CN1CCN(CC2(CNC(=O)c3cc(=O)[nH]c4ccccc34)CC2)CC1. The van der Waals surface area contributed by atoms with E-state index in [9.17, 15) is 9.59 Å². The summed E-state index contributed by atoms with van der Waals surface area (Å²) in [7, 11) is 2.16. The van der Waals surface area contributed by atoms with Crippen molar-refractivity contribution in [1.82, 2.24) is 20.1 Å². The summed E-state index contributed by atoms with van der Waals surface area (Å²) in [4.78, 5) is 32.3. The molecule has 26 heavy (non-hydrogen) atoms. The van der Waals surface area contributed by atoms with E-state index in [1.165, 1.54) is 6.07 Å². The van der Waals surface area contributed by atoms with E-state index < -0.39 is 0 Å². The van der Waals surface area contributed by atoms with E-state index in [0.717, 1.165) is 51.0 Å². The van der Waals surface area contributed by atoms with Crippen molar-refractivity contribution in [2.24, 2.45) is 5.41 Å². The fourth-order valence-electron chi connectivity index (χ4n) is 3.80. The van der Waals surface area contributed by atoms with Gasteiger partial charge < -0.3 is 20.1 Å². The maximum atomic E-state index is 12.7. The number of pyridine rings is 1. The highest BCUT2D eigenvalue weighted by Gasteiger charge is 2.44. The van der Waals surface area contributed by atoms with Crippen molar-refractivity contribution in [3.05, 3.63) is 46.2 Å². The van der Waals surface area contributed by atoms with Crippen LogP contribution >= 0.6 is 0 Å². The van der Waals surface area contributed by atoms with E-state index >= 15 is 0 Å². The highest BCUT2D eigenvalue weighted by Crippen LogP contribution is 2.45. The molecule has 2 aliphatic rings. The molecule has 138 valence electrons. The van der Waals surface area contributed by atoms with Crippen molar-refractivity contribution >= 4 is 16.8 Å². The Morgan fingerprint density at radius 3 is 2.65 bits per heavy atom. The van der Waals surface area contributed by atoms with Crippen LogP contribution in [-0.4, -0.2) is 67.0 Å². The highest BCUT2D eigenvalue weighted by molar-refractivity contribution is 6.05. The lowest BCUT2D eigenvalue weighted by molar-refractivity contribution is 0.0928. The van der Waals surface area contributed by atoms with Crippen molar-refractivity contribution in [2.75, 3.05) is 46.3 Å². The van der Waals surface area contributed by atoms with Crippen LogP contribution in [0.3, 0.4) is 0 Å². The fraction of sp³-hybridized carbons (Fsp3) is 0.500. The first-order valence-corrected chi connectivity index (χ1v) is 9.36. The van der Waals surface area contributed by atoms with Gasteiger partial charge >= 0.3 is 0 Å². The van der Waals surface area contributed by atoms with Gasteiger partial charge in [-0.1, -0.05) is 18.2 Å². The molecule has 0 unspecified atom stereocenters. The number of aromatic amines is 1. The van der Waals surface area contributed by atoms with Crippen molar-refractivity contribution in [2.45, 2.75) is 12.8 Å². The molecule has 2 aromatic rings. The van der Waals surface area contributed by atoms with Gasteiger partial charge in [-0.2, -0.15) is 0 Å². The average molecular weight is 354 g/mol. The van der Waals surface area contributed by atoms with Crippen molar-refractivity contribution in [1.29, 1.82) is 0 Å². The summed E-state index contributed by atoms with van der Waals surface area (Å²) in [6.07, 6.45) is 2.32. The number of aromatic nitrogens is 1. The van der Waals surface area contributed by atoms with Gasteiger partial charge in [-0.15, -0.1) is 0 Å². The molecule has 2 fully saturated rings. The first-order valence-electron chi connectivity index (χ1n) is 9.36. The highest BCUT2D eigenvalue weighted by atomic mass is 16.2. The number of amides is 1. The topological polar surface area (TPSA) is 68.4 Å². The normalized spacial score (nSPS) is 20.2. The fourth-order valence-corrected chi connectivity index (χ4v) is 3.80. The van der Waals surface area contributed by atoms with Crippen LogP contribution in [-0.2, 0) is 0 Å². The summed E-state index contributed by atoms with van der Waals surface area (Å²) in [5, 5.41) is 3.88. The molecule has 0 atom stereocenters. The second kappa shape index (κ2) is 6.85. The summed E-state index contributed by atoms with van der Waals surface area (Å²) in [6.45, 7) is 6.16. The summed E-state index contributed by atoms with van der Waals surface area (Å²) < 4.78 is 0. The molecule has 4 rings (SSSR count). The minimum Gasteiger partial charge on any atom is -0.351 e. The van der Waals surface area contributed by atoms with Crippen LogP contribution in [0, 0.1) is 5.41 Å². The van der Waals surface area contributed by atoms with Gasteiger partial charge in [-0.05, 0) is 26.0 Å². The molecule has 1 aliphatic carbocycles. The molecule has 6 nitrogen and oxygen atoms in total. The van der Waals surface area contributed by atoms with Crippen LogP contribution in [0.2, 0.25) is 0 Å². The zero-order valence-corrected chi connectivity index (χ0v) is 15.3. The smallest absolute Gasteiger partial charge is 0.252 e. The predicted molar refractivity (Wildman–Crippen MR) is 103 cm³/mol. The molecule has 0 bridgehead atoms. The Labute approximate surface area is 153 Å². The van der Waals surface area contributed by atoms with Crippen molar-refractivity contribution in [3.8, 4) is 0 Å². The first-order chi connectivity index (χ1) is 12.5. The van der Waals surface area contributed by atoms with E-state index in [2.05, 4.69) is 27.1 Å². The number of hydrogen-bond donors (Lipinski definition) is 2. The van der Waals surface area contributed by atoms with Crippen LogP contribution in [0.5, 0.6) is 0 Å². The number of nitrogens with one attached hydrogen (secondary N) is 2. The lowest BCUT2D eigenvalue weighted by atomic mass is 10.0. The lowest BCUT2D eigenvalue weighted by Gasteiger charge is -2.34. The number of H-pyrrole nitrogens is 1. The molecule has 1 aliphatic heterocycles. The van der Waals surface area contributed by atoms with Crippen LogP contribution < -0.4 is 10.9 Å². The van der Waals surface area contributed by atoms with Gasteiger partial charge in [0.1, 0.15) is 0 Å². The molecule has 1 aromatic heterocycles. The van der Waals surface area contributed by atoms with E-state index in [1.807, 2.05) is 24.3 Å². The second-order valence-electron chi connectivity index (χ2n) is 7.85. The molecule has 1 saturated carbocycles. The average Bonchev–Trinajstić information content (AvgIpc) is 3.41. The molecule has 1 aromatic carbocycles. The van der Waals surface area contributed by atoms with Gasteiger partial charge in [0.05, 0.1) is 5.56 Å². The van der Waals surface area contributed by atoms with Gasteiger partial charge in [0.2, 0.25) is 5.56 Å². The van der Waals surface area contributed by atoms with E-state index in [4.69, 9.17) is 0 Å². The van der Waals surface area contributed by atoms with Gasteiger partial charge in [0.15, 0.2) is 0 Å². The number of fused-ring (bicyclic) bond motifs is 1. The molecule has 6 heteroatoms. The number of para-hydroxylation sites is 1. The van der Waals surface area contributed by atoms with Crippen LogP contribution in [0.1, 0.15) is 23.2 Å². The van der Waals surface area contributed by atoms with Gasteiger partial charge in [0.25, 0.3) is 5.91 Å². The van der Waals surface area contributed by atoms with E-state index in [1.54, 1.807) is 0 Å². The minimum absolute atomic E-state index is 0.156. The molecule has 0 radical (unpaired) electrons. The van der Waals surface area contributed by atoms with Crippen LogP contribution in [0.4, 0.5) is 0 Å². The molecular weight excluding hydrogens is 328 g/mol. The number of rotatable bonds is 5. The van der Waals surface area contributed by atoms with Gasteiger partial charge in [-0.3, -0.25) is 9.59 Å². The molecule has 1 amide bonds. The number of piperazine rings is 1. The molecular formula is C20H26N4O2. The standard InChI is InChI=1S/C20H26N4O2/c1-23-8-10-24(11-9-23)14-20(6-7-20)13-21-19(26)16-12-18(25)22-17-5-3-2-4-15(16)17/h2-5,12H,6-11,13-14H2,1H3,(H,21,26)(H,22,25). The second-order valence-corrected chi connectivity index (χ2v) is 7.85. The number of benzene rings is 1. The third-order valence-corrected chi connectivity index (χ3v) is 5.73. The zero-order chi connectivity index (χ0) is 18.1. The number of carbonyl (C=O) groups is 1. The Morgan fingerprint density at radius 2 is 1.92 bits per heavy atom. The predicted octanol–water partition coefficient (Wildman–Crippen LogP) is 1.29. The molecule has 2 heterocycles. The Morgan fingerprint density at radius 1 is 1.19 bits per heavy atom. The third kappa shape index (κ3) is 3.66. The Hall–Kier alpha value is -2.18. The van der Waals surface area contributed by atoms with Gasteiger partial charge in [0, 0.05) is 61.7 Å². The minimum atomic E-state index is -0.243. The summed E-state index contributed by atoms with van der Waals surface area (Å²) in [5.74, 6) is -0.156. The summed E-state index contributed by atoms with van der Waals surface area (Å²) in [6, 6.07) is 8.83. The van der Waals surface area contributed by atoms with E-state index in [0.29, 0.717) is 17.6 Å². The maximum absolute atomic E-state index is 12.7. The zero-order valence-electron chi connectivity index (χ0n) is 15.3. The Balaban J connectivity index is 1.42. The lowest BCUT2D eigenvalue weighted by Crippen LogP contribution is -2.48. The third-order valence-electron chi connectivity index (χ3n) is 5.73. The molecule has 2 N–H and O–H groups in total. The molecule has 0 spiro atoms.